The molecule has 26 heavy (non-hydrogen) atoms. The van der Waals surface area contributed by atoms with E-state index in [1.165, 1.54) is 24.8 Å². The van der Waals surface area contributed by atoms with E-state index < -0.39 is 0 Å². The lowest BCUT2D eigenvalue weighted by Crippen LogP contribution is -2.47. The number of nitrogens with one attached hydrogen (secondary N) is 1. The van der Waals surface area contributed by atoms with Crippen LogP contribution in [0.1, 0.15) is 38.7 Å². The summed E-state index contributed by atoms with van der Waals surface area (Å²) in [7, 11) is 0. The van der Waals surface area contributed by atoms with Crippen molar-refractivity contribution in [2.75, 3.05) is 36.0 Å². The first kappa shape index (κ1) is 18.6. The van der Waals surface area contributed by atoms with Crippen LogP contribution in [0.3, 0.4) is 0 Å². The van der Waals surface area contributed by atoms with E-state index >= 15 is 0 Å². The van der Waals surface area contributed by atoms with Crippen molar-refractivity contribution < 1.29 is 0 Å². The third kappa shape index (κ3) is 4.94. The van der Waals surface area contributed by atoms with Gasteiger partial charge in [0, 0.05) is 56.7 Å². The molecule has 0 radical (unpaired) electrons. The highest BCUT2D eigenvalue weighted by Crippen LogP contribution is 2.21. The van der Waals surface area contributed by atoms with Crippen LogP contribution in [-0.2, 0) is 6.54 Å². The molecular weight excluding hydrogens is 322 g/mol. The number of pyridine rings is 2. The number of piperazine rings is 1. The lowest BCUT2D eigenvalue weighted by Gasteiger charge is -2.36. The van der Waals surface area contributed by atoms with Crippen LogP contribution in [0.4, 0.5) is 11.6 Å². The Labute approximate surface area is 157 Å². The zero-order valence-corrected chi connectivity index (χ0v) is 16.1. The van der Waals surface area contributed by atoms with Gasteiger partial charge in [0.15, 0.2) is 0 Å². The average molecular weight is 354 g/mol. The molecule has 0 saturated carbocycles. The monoisotopic (exact) mass is 353 g/mol. The fourth-order valence-corrected chi connectivity index (χ4v) is 3.44. The Balaban J connectivity index is 1.58. The minimum Gasteiger partial charge on any atom is -0.353 e. The Morgan fingerprint density at radius 2 is 1.77 bits per heavy atom. The van der Waals surface area contributed by atoms with Gasteiger partial charge in [-0.15, -0.1) is 0 Å². The van der Waals surface area contributed by atoms with Crippen LogP contribution >= 0.6 is 0 Å². The molecule has 0 aromatic carbocycles. The van der Waals surface area contributed by atoms with Crippen LogP contribution in [-0.4, -0.2) is 42.2 Å². The maximum absolute atomic E-state index is 4.69. The van der Waals surface area contributed by atoms with Crippen molar-refractivity contribution in [1.82, 2.24) is 15.3 Å². The maximum Gasteiger partial charge on any atom is 0.133 e. The number of unbranched alkanes of at least 4 members (excludes halogenated alkanes) is 1. The summed E-state index contributed by atoms with van der Waals surface area (Å²) in [5, 5.41) is 3.66. The minimum atomic E-state index is 0.545. The van der Waals surface area contributed by atoms with Crippen molar-refractivity contribution in [3.8, 4) is 0 Å². The van der Waals surface area contributed by atoms with Crippen molar-refractivity contribution in [1.29, 1.82) is 0 Å². The summed E-state index contributed by atoms with van der Waals surface area (Å²) in [6, 6.07) is 10.9. The van der Waals surface area contributed by atoms with Gasteiger partial charge in [-0.3, -0.25) is 0 Å². The maximum atomic E-state index is 4.69. The first-order chi connectivity index (χ1) is 12.8. The molecule has 0 bridgehead atoms. The molecule has 1 saturated heterocycles. The minimum absolute atomic E-state index is 0.545. The van der Waals surface area contributed by atoms with E-state index in [4.69, 9.17) is 4.98 Å². The molecule has 5 heteroatoms. The van der Waals surface area contributed by atoms with Crippen molar-refractivity contribution in [3.63, 3.8) is 0 Å². The van der Waals surface area contributed by atoms with Gasteiger partial charge in [0.1, 0.15) is 11.6 Å². The molecular formula is C21H31N5. The van der Waals surface area contributed by atoms with Crippen LogP contribution in [0.2, 0.25) is 0 Å². The molecule has 2 aromatic heterocycles. The Morgan fingerprint density at radius 3 is 2.50 bits per heavy atom. The Bertz CT molecular complexity index is 652. The predicted molar refractivity (Wildman–Crippen MR) is 109 cm³/mol. The quantitative estimate of drug-likeness (QED) is 0.787. The summed E-state index contributed by atoms with van der Waals surface area (Å²) >= 11 is 0. The summed E-state index contributed by atoms with van der Waals surface area (Å²) in [6.45, 7) is 9.32. The summed E-state index contributed by atoms with van der Waals surface area (Å²) < 4.78 is 0. The summed E-state index contributed by atoms with van der Waals surface area (Å²) in [4.78, 5) is 13.9. The molecule has 0 unspecified atom stereocenters. The number of hydrogen-bond acceptors (Lipinski definition) is 5. The number of aromatic nitrogens is 2. The molecule has 1 aliphatic heterocycles. The van der Waals surface area contributed by atoms with E-state index in [0.29, 0.717) is 6.04 Å². The van der Waals surface area contributed by atoms with E-state index in [1.54, 1.807) is 0 Å². The molecule has 3 heterocycles. The fourth-order valence-electron chi connectivity index (χ4n) is 3.44. The lowest BCUT2D eigenvalue weighted by molar-refractivity contribution is 0.494. The van der Waals surface area contributed by atoms with Crippen LogP contribution in [0.25, 0.3) is 0 Å². The summed E-state index contributed by atoms with van der Waals surface area (Å²) in [5.41, 5.74) is 1.29. The highest BCUT2D eigenvalue weighted by Gasteiger charge is 2.20. The first-order valence-electron chi connectivity index (χ1n) is 9.86. The number of nitrogens with zero attached hydrogens (tertiary/aromatic N) is 4. The van der Waals surface area contributed by atoms with Gasteiger partial charge in [-0.1, -0.05) is 31.9 Å². The molecule has 2 aromatic rings. The van der Waals surface area contributed by atoms with E-state index in [9.17, 15) is 0 Å². The van der Waals surface area contributed by atoms with Crippen molar-refractivity contribution >= 4 is 11.6 Å². The SMILES string of the molecule is CCCC[C@@H](C)NCc1cccnc1N1CCN(c2ccccn2)CC1. The zero-order chi connectivity index (χ0) is 18.2. The molecule has 1 aliphatic rings. The third-order valence-electron chi connectivity index (χ3n) is 5.05. The molecule has 5 nitrogen and oxygen atoms in total. The van der Waals surface area contributed by atoms with Crippen LogP contribution in [0.5, 0.6) is 0 Å². The molecule has 1 atom stereocenters. The van der Waals surface area contributed by atoms with Gasteiger partial charge in [0.05, 0.1) is 0 Å². The second-order valence-corrected chi connectivity index (χ2v) is 7.07. The number of anilines is 2. The van der Waals surface area contributed by atoms with Gasteiger partial charge < -0.3 is 15.1 Å². The smallest absolute Gasteiger partial charge is 0.133 e. The average Bonchev–Trinajstić information content (AvgIpc) is 2.72. The highest BCUT2D eigenvalue weighted by molar-refractivity contribution is 5.49. The van der Waals surface area contributed by atoms with Gasteiger partial charge in [0.25, 0.3) is 0 Å². The molecule has 0 aliphatic carbocycles. The van der Waals surface area contributed by atoms with Gasteiger partial charge in [-0.05, 0) is 31.5 Å². The fraction of sp³-hybridized carbons (Fsp3) is 0.524. The summed E-state index contributed by atoms with van der Waals surface area (Å²) in [6.07, 6.45) is 7.54. The molecule has 1 fully saturated rings. The Morgan fingerprint density at radius 1 is 1.00 bits per heavy atom. The van der Waals surface area contributed by atoms with Crippen LogP contribution < -0.4 is 15.1 Å². The molecule has 1 N–H and O–H groups in total. The van der Waals surface area contributed by atoms with Crippen LogP contribution in [0, 0.1) is 0 Å². The largest absolute Gasteiger partial charge is 0.353 e. The van der Waals surface area contributed by atoms with E-state index in [-0.39, 0.29) is 0 Å². The molecule has 140 valence electrons. The molecule has 0 amide bonds. The lowest BCUT2D eigenvalue weighted by atomic mass is 10.1. The van der Waals surface area contributed by atoms with Crippen LogP contribution in [0.15, 0.2) is 42.7 Å². The highest BCUT2D eigenvalue weighted by atomic mass is 15.3. The second-order valence-electron chi connectivity index (χ2n) is 7.07. The molecule has 3 rings (SSSR count). The number of hydrogen-bond donors (Lipinski definition) is 1. The topological polar surface area (TPSA) is 44.3 Å². The van der Waals surface area contributed by atoms with Crippen molar-refractivity contribution in [2.45, 2.75) is 45.7 Å². The van der Waals surface area contributed by atoms with E-state index in [2.05, 4.69) is 52.1 Å². The van der Waals surface area contributed by atoms with Gasteiger partial charge in [-0.2, -0.15) is 0 Å². The van der Waals surface area contributed by atoms with Crippen molar-refractivity contribution in [3.05, 3.63) is 48.3 Å². The van der Waals surface area contributed by atoms with Crippen molar-refractivity contribution in [2.24, 2.45) is 0 Å². The van der Waals surface area contributed by atoms with E-state index in [1.807, 2.05) is 24.5 Å². The Kier molecular flexibility index (Phi) is 6.83. The zero-order valence-electron chi connectivity index (χ0n) is 16.1. The Hall–Kier alpha value is -2.14. The van der Waals surface area contributed by atoms with E-state index in [0.717, 1.165) is 44.4 Å². The third-order valence-corrected chi connectivity index (χ3v) is 5.05. The standard InChI is InChI=1S/C21H31N5/c1-3-4-8-18(2)24-17-19-9-7-12-23-21(19)26-15-13-25(14-16-26)20-10-5-6-11-22-20/h5-7,9-12,18,24H,3-4,8,13-17H2,1-2H3/t18-/m1/s1. The normalized spacial score (nSPS) is 15.9. The van der Waals surface area contributed by atoms with Gasteiger partial charge in [-0.25, -0.2) is 9.97 Å². The predicted octanol–water partition coefficient (Wildman–Crippen LogP) is 3.47. The summed E-state index contributed by atoms with van der Waals surface area (Å²) in [5.74, 6) is 2.20. The number of rotatable bonds is 8. The van der Waals surface area contributed by atoms with Gasteiger partial charge >= 0.3 is 0 Å². The first-order valence-corrected chi connectivity index (χ1v) is 9.86. The second kappa shape index (κ2) is 9.53. The van der Waals surface area contributed by atoms with Gasteiger partial charge in [0.2, 0.25) is 0 Å². The molecule has 0 spiro atoms.